The minimum absolute atomic E-state index is 0. The van der Waals surface area contributed by atoms with Gasteiger partial charge < -0.3 is 20.5 Å². The molecule has 1 saturated heterocycles. The predicted octanol–water partition coefficient (Wildman–Crippen LogP) is 0.847. The quantitative estimate of drug-likeness (QED) is 0.805. The van der Waals surface area contributed by atoms with Crippen molar-refractivity contribution >= 4 is 18.3 Å². The van der Waals surface area contributed by atoms with Crippen molar-refractivity contribution in [1.29, 1.82) is 0 Å². The van der Waals surface area contributed by atoms with Crippen molar-refractivity contribution in [2.45, 2.75) is 44.2 Å². The Morgan fingerprint density at radius 3 is 2.58 bits per heavy atom. The fraction of sp³-hybridized carbons (Fsp3) is 0.923. The monoisotopic (exact) mass is 292 g/mol. The van der Waals surface area contributed by atoms with Gasteiger partial charge in [-0.15, -0.1) is 12.4 Å². The average Bonchev–Trinajstić information content (AvgIpc) is 2.46. The molecule has 6 heteroatoms. The molecule has 1 heterocycles. The molecular formula is C13H25ClN2O3. The summed E-state index contributed by atoms with van der Waals surface area (Å²) in [6.45, 7) is 1.93. The van der Waals surface area contributed by atoms with Gasteiger partial charge in [0.05, 0.1) is 19.8 Å². The second-order valence-electron chi connectivity index (χ2n) is 5.18. The number of nitrogens with two attached hydrogens (primary N) is 1. The fourth-order valence-corrected chi connectivity index (χ4v) is 2.82. The first kappa shape index (κ1) is 16.7. The minimum atomic E-state index is -0.462. The maximum atomic E-state index is 12.0. The number of amides is 1. The van der Waals surface area contributed by atoms with Gasteiger partial charge in [-0.2, -0.15) is 0 Å². The van der Waals surface area contributed by atoms with Gasteiger partial charge in [0.15, 0.2) is 6.10 Å². The number of rotatable bonds is 4. The van der Waals surface area contributed by atoms with E-state index < -0.39 is 6.10 Å². The van der Waals surface area contributed by atoms with Crippen molar-refractivity contribution in [2.24, 2.45) is 11.7 Å². The first-order valence-corrected chi connectivity index (χ1v) is 7.01. The van der Waals surface area contributed by atoms with Gasteiger partial charge in [-0.1, -0.05) is 19.3 Å². The Bertz CT molecular complexity index is 267. The van der Waals surface area contributed by atoms with E-state index in [0.29, 0.717) is 32.3 Å². The molecule has 0 aromatic carbocycles. The lowest BCUT2D eigenvalue weighted by atomic mass is 9.84. The van der Waals surface area contributed by atoms with Crippen molar-refractivity contribution in [3.05, 3.63) is 0 Å². The topological polar surface area (TPSA) is 73.6 Å². The molecule has 1 amide bonds. The summed E-state index contributed by atoms with van der Waals surface area (Å²) < 4.78 is 10.6. The Morgan fingerprint density at radius 2 is 2.00 bits per heavy atom. The predicted molar refractivity (Wildman–Crippen MR) is 75.4 cm³/mol. The zero-order valence-corrected chi connectivity index (χ0v) is 12.1. The van der Waals surface area contributed by atoms with Crippen LogP contribution < -0.4 is 11.1 Å². The van der Waals surface area contributed by atoms with E-state index >= 15 is 0 Å². The molecule has 112 valence electrons. The molecule has 3 N–H and O–H groups in total. The van der Waals surface area contributed by atoms with Gasteiger partial charge in [-0.25, -0.2) is 0 Å². The first-order valence-electron chi connectivity index (χ1n) is 7.01. The normalized spacial score (nSPS) is 26.3. The van der Waals surface area contributed by atoms with Crippen LogP contribution in [-0.4, -0.2) is 44.4 Å². The highest BCUT2D eigenvalue weighted by Gasteiger charge is 2.28. The van der Waals surface area contributed by atoms with Crippen LogP contribution in [0.15, 0.2) is 0 Å². The van der Waals surface area contributed by atoms with Crippen LogP contribution in [0.25, 0.3) is 0 Å². The van der Waals surface area contributed by atoms with Gasteiger partial charge in [0.2, 0.25) is 0 Å². The van der Waals surface area contributed by atoms with Gasteiger partial charge in [-0.3, -0.25) is 4.79 Å². The summed E-state index contributed by atoms with van der Waals surface area (Å²) in [5.74, 6) is 0.452. The smallest absolute Gasteiger partial charge is 0.251 e. The van der Waals surface area contributed by atoms with Gasteiger partial charge in [0.25, 0.3) is 5.91 Å². The molecule has 0 bridgehead atoms. The second kappa shape index (κ2) is 8.74. The van der Waals surface area contributed by atoms with Crippen molar-refractivity contribution < 1.29 is 14.3 Å². The van der Waals surface area contributed by atoms with Gasteiger partial charge >= 0.3 is 0 Å². The Balaban J connectivity index is 0.00000180. The summed E-state index contributed by atoms with van der Waals surface area (Å²) in [4.78, 5) is 12.0. The van der Waals surface area contributed by atoms with Crippen LogP contribution in [0.1, 0.15) is 32.1 Å². The van der Waals surface area contributed by atoms with Crippen LogP contribution in [0.3, 0.4) is 0 Å². The van der Waals surface area contributed by atoms with Crippen molar-refractivity contribution in [3.63, 3.8) is 0 Å². The number of carbonyl (C=O) groups is 1. The molecule has 0 spiro atoms. The Hall–Kier alpha value is -0.360. The van der Waals surface area contributed by atoms with Crippen LogP contribution in [0.4, 0.5) is 0 Å². The third kappa shape index (κ3) is 4.91. The maximum Gasteiger partial charge on any atom is 0.251 e. The fourth-order valence-electron chi connectivity index (χ4n) is 2.82. The molecule has 1 aliphatic carbocycles. The number of ether oxygens (including phenoxy) is 2. The Kier molecular flexibility index (Phi) is 7.68. The van der Waals surface area contributed by atoms with E-state index in [9.17, 15) is 4.79 Å². The highest BCUT2D eigenvalue weighted by atomic mass is 35.5. The van der Waals surface area contributed by atoms with Crippen molar-refractivity contribution in [1.82, 2.24) is 5.32 Å². The average molecular weight is 293 g/mol. The summed E-state index contributed by atoms with van der Waals surface area (Å²) in [5.41, 5.74) is 5.79. The lowest BCUT2D eigenvalue weighted by Crippen LogP contribution is -2.51. The zero-order valence-electron chi connectivity index (χ0n) is 11.3. The second-order valence-corrected chi connectivity index (χ2v) is 5.18. The van der Waals surface area contributed by atoms with E-state index in [-0.39, 0.29) is 24.4 Å². The minimum Gasteiger partial charge on any atom is -0.376 e. The van der Waals surface area contributed by atoms with E-state index in [1.807, 2.05) is 0 Å². The molecule has 2 unspecified atom stereocenters. The number of nitrogens with one attached hydrogen (secondary N) is 1. The maximum absolute atomic E-state index is 12.0. The summed E-state index contributed by atoms with van der Waals surface area (Å²) in [7, 11) is 0. The van der Waals surface area contributed by atoms with Crippen LogP contribution in [0.5, 0.6) is 0 Å². The molecule has 0 aromatic rings. The first-order chi connectivity index (χ1) is 8.81. The molecule has 2 atom stereocenters. The summed E-state index contributed by atoms with van der Waals surface area (Å²) >= 11 is 0. The van der Waals surface area contributed by atoms with Crippen LogP contribution in [0.2, 0.25) is 0 Å². The number of halogens is 1. The van der Waals surface area contributed by atoms with E-state index in [1.54, 1.807) is 0 Å². The number of hydrogen-bond acceptors (Lipinski definition) is 4. The Morgan fingerprint density at radius 1 is 1.26 bits per heavy atom. The molecule has 0 aromatic heterocycles. The molecule has 2 rings (SSSR count). The summed E-state index contributed by atoms with van der Waals surface area (Å²) in [5, 5.41) is 3.04. The molecule has 1 saturated carbocycles. The van der Waals surface area contributed by atoms with Crippen LogP contribution in [0, 0.1) is 5.92 Å². The summed E-state index contributed by atoms with van der Waals surface area (Å²) in [6, 6.07) is 0.0864. The molecule has 2 aliphatic rings. The highest BCUT2D eigenvalue weighted by molar-refractivity contribution is 5.85. The Labute approximate surface area is 121 Å². The molecule has 2 fully saturated rings. The largest absolute Gasteiger partial charge is 0.376 e. The summed E-state index contributed by atoms with van der Waals surface area (Å²) in [6.07, 6.45) is 5.69. The van der Waals surface area contributed by atoms with Crippen molar-refractivity contribution in [3.8, 4) is 0 Å². The third-order valence-corrected chi connectivity index (χ3v) is 3.91. The zero-order chi connectivity index (χ0) is 12.8. The highest BCUT2D eigenvalue weighted by Crippen LogP contribution is 2.26. The van der Waals surface area contributed by atoms with Crippen LogP contribution >= 0.6 is 12.4 Å². The molecule has 19 heavy (non-hydrogen) atoms. The molecule has 1 aliphatic heterocycles. The lowest BCUT2D eigenvalue weighted by Gasteiger charge is -2.31. The molecule has 5 nitrogen and oxygen atoms in total. The number of carbonyl (C=O) groups excluding carboxylic acids is 1. The SMILES string of the molecule is Cl.NCC(NC(=O)C1COCCO1)C1CCCCC1. The van der Waals surface area contributed by atoms with Gasteiger partial charge in [0.1, 0.15) is 0 Å². The standard InChI is InChI=1S/C13H24N2O3.ClH/c14-8-11(10-4-2-1-3-5-10)15-13(16)12-9-17-6-7-18-12;/h10-12H,1-9,14H2,(H,15,16);1H. The van der Waals surface area contributed by atoms with Crippen LogP contribution in [-0.2, 0) is 14.3 Å². The molecular weight excluding hydrogens is 268 g/mol. The third-order valence-electron chi connectivity index (χ3n) is 3.91. The van der Waals surface area contributed by atoms with E-state index in [0.717, 1.165) is 0 Å². The number of hydrogen-bond donors (Lipinski definition) is 2. The molecule has 0 radical (unpaired) electrons. The van der Waals surface area contributed by atoms with Gasteiger partial charge in [-0.05, 0) is 18.8 Å². The van der Waals surface area contributed by atoms with E-state index in [4.69, 9.17) is 15.2 Å². The van der Waals surface area contributed by atoms with Crippen molar-refractivity contribution in [2.75, 3.05) is 26.4 Å². The van der Waals surface area contributed by atoms with E-state index in [1.165, 1.54) is 32.1 Å². The lowest BCUT2D eigenvalue weighted by molar-refractivity contribution is -0.148. The van der Waals surface area contributed by atoms with E-state index in [2.05, 4.69) is 5.32 Å². The van der Waals surface area contributed by atoms with Gasteiger partial charge in [0, 0.05) is 12.6 Å².